The quantitative estimate of drug-likeness (QED) is 0.396. The van der Waals surface area contributed by atoms with Crippen LogP contribution in [0.1, 0.15) is 0 Å². The van der Waals surface area contributed by atoms with Crippen LogP contribution in [0.4, 0.5) is 5.69 Å². The summed E-state index contributed by atoms with van der Waals surface area (Å²) in [6, 6.07) is 12.8. The lowest BCUT2D eigenvalue weighted by Gasteiger charge is -2.14. The number of nitrogens with one attached hydrogen (secondary N) is 1. The number of anilines is 1. The highest BCUT2D eigenvalue weighted by molar-refractivity contribution is 7.99. The number of fused-ring (bicyclic) bond motifs is 1. The van der Waals surface area contributed by atoms with E-state index in [9.17, 15) is 4.79 Å². The van der Waals surface area contributed by atoms with Crippen LogP contribution in [0.5, 0.6) is 17.2 Å². The number of pyridine rings is 1. The summed E-state index contributed by atoms with van der Waals surface area (Å²) in [7, 11) is 4.54. The molecule has 0 saturated carbocycles. The maximum absolute atomic E-state index is 12.4. The van der Waals surface area contributed by atoms with E-state index in [1.54, 1.807) is 18.3 Å². The average Bonchev–Trinajstić information content (AvgIpc) is 3.31. The van der Waals surface area contributed by atoms with Gasteiger partial charge in [0.25, 0.3) is 5.22 Å². The molecule has 2 aromatic carbocycles. The third-order valence-corrected chi connectivity index (χ3v) is 5.35. The molecule has 10 heteroatoms. The minimum Gasteiger partial charge on any atom is -0.493 e. The summed E-state index contributed by atoms with van der Waals surface area (Å²) in [5.41, 5.74) is 2.18. The summed E-state index contributed by atoms with van der Waals surface area (Å²) in [5.74, 6) is 1.55. The zero-order valence-electron chi connectivity index (χ0n) is 17.6. The Kier molecular flexibility index (Phi) is 6.41. The van der Waals surface area contributed by atoms with Gasteiger partial charge in [0.05, 0.1) is 32.6 Å². The maximum Gasteiger partial charge on any atom is 0.277 e. The van der Waals surface area contributed by atoms with Crippen molar-refractivity contribution >= 4 is 34.3 Å². The van der Waals surface area contributed by atoms with Crippen molar-refractivity contribution in [2.24, 2.45) is 0 Å². The monoisotopic (exact) mass is 452 g/mol. The van der Waals surface area contributed by atoms with Gasteiger partial charge in [-0.2, -0.15) is 0 Å². The first-order valence-electron chi connectivity index (χ1n) is 9.52. The first-order chi connectivity index (χ1) is 15.6. The number of rotatable bonds is 8. The summed E-state index contributed by atoms with van der Waals surface area (Å²) >= 11 is 1.14. The molecule has 0 aliphatic carbocycles. The molecule has 0 aliphatic rings. The number of ether oxygens (including phenoxy) is 3. The second kappa shape index (κ2) is 9.56. The highest BCUT2D eigenvalue weighted by Gasteiger charge is 2.16. The Labute approximate surface area is 188 Å². The molecule has 0 aliphatic heterocycles. The Balaban J connectivity index is 1.41. The minimum atomic E-state index is -0.249. The number of benzene rings is 2. The Morgan fingerprint density at radius 3 is 2.53 bits per heavy atom. The Bertz CT molecular complexity index is 1240. The van der Waals surface area contributed by atoms with Gasteiger partial charge >= 0.3 is 0 Å². The fourth-order valence-electron chi connectivity index (χ4n) is 3.07. The van der Waals surface area contributed by atoms with Gasteiger partial charge < -0.3 is 23.9 Å². The molecule has 0 atom stereocenters. The third-order valence-electron chi connectivity index (χ3n) is 4.53. The first kappa shape index (κ1) is 21.4. The molecule has 4 aromatic rings. The van der Waals surface area contributed by atoms with Crippen LogP contribution in [0.3, 0.4) is 0 Å². The van der Waals surface area contributed by atoms with Crippen molar-refractivity contribution in [2.75, 3.05) is 32.4 Å². The summed E-state index contributed by atoms with van der Waals surface area (Å²) in [4.78, 5) is 16.7. The summed E-state index contributed by atoms with van der Waals surface area (Å²) < 4.78 is 21.6. The van der Waals surface area contributed by atoms with Crippen LogP contribution < -0.4 is 19.5 Å². The predicted octanol–water partition coefficient (Wildman–Crippen LogP) is 4.04. The van der Waals surface area contributed by atoms with Crippen molar-refractivity contribution in [2.45, 2.75) is 5.22 Å². The molecule has 0 unspecified atom stereocenters. The molecule has 0 radical (unpaired) electrons. The van der Waals surface area contributed by atoms with Gasteiger partial charge in [0.1, 0.15) is 0 Å². The van der Waals surface area contributed by atoms with Gasteiger partial charge in [-0.15, -0.1) is 10.2 Å². The van der Waals surface area contributed by atoms with Gasteiger partial charge in [-0.3, -0.25) is 9.78 Å². The molecule has 164 valence electrons. The van der Waals surface area contributed by atoms with Crippen LogP contribution in [0.2, 0.25) is 0 Å². The molecule has 2 heterocycles. The fourth-order valence-corrected chi connectivity index (χ4v) is 3.63. The smallest absolute Gasteiger partial charge is 0.277 e. The lowest BCUT2D eigenvalue weighted by Crippen LogP contribution is -2.14. The van der Waals surface area contributed by atoms with Crippen LogP contribution in [0.25, 0.3) is 22.4 Å². The van der Waals surface area contributed by atoms with Crippen molar-refractivity contribution in [3.05, 3.63) is 48.7 Å². The molecule has 1 N–H and O–H groups in total. The lowest BCUT2D eigenvalue weighted by atomic mass is 10.1. The molecular weight excluding hydrogens is 432 g/mol. The molecular formula is C22H20N4O5S. The number of hydrogen-bond donors (Lipinski definition) is 1. The average molecular weight is 452 g/mol. The normalized spacial score (nSPS) is 10.7. The SMILES string of the molecule is COc1cc(NC(=O)CSc2nnc(-c3ccc4ncccc4c3)o2)cc(OC)c1OC. The maximum atomic E-state index is 12.4. The molecule has 0 fully saturated rings. The van der Waals surface area contributed by atoms with E-state index in [1.807, 2.05) is 30.3 Å². The molecule has 2 aromatic heterocycles. The first-order valence-corrected chi connectivity index (χ1v) is 10.5. The molecule has 4 rings (SSSR count). The molecule has 0 saturated heterocycles. The molecule has 0 spiro atoms. The molecule has 9 nitrogen and oxygen atoms in total. The summed E-state index contributed by atoms with van der Waals surface area (Å²) in [5, 5.41) is 12.2. The van der Waals surface area contributed by atoms with Gasteiger partial charge in [-0.25, -0.2) is 0 Å². The highest BCUT2D eigenvalue weighted by atomic mass is 32.2. The fraction of sp³-hybridized carbons (Fsp3) is 0.182. The number of methoxy groups -OCH3 is 3. The van der Waals surface area contributed by atoms with Crippen LogP contribution in [0, 0.1) is 0 Å². The number of aromatic nitrogens is 3. The number of carbonyl (C=O) groups excluding carboxylic acids is 1. The van der Waals surface area contributed by atoms with Crippen LogP contribution >= 0.6 is 11.8 Å². The van der Waals surface area contributed by atoms with E-state index in [4.69, 9.17) is 18.6 Å². The van der Waals surface area contributed by atoms with Gasteiger partial charge in [0.15, 0.2) is 11.5 Å². The predicted molar refractivity (Wildman–Crippen MR) is 120 cm³/mol. The minimum absolute atomic E-state index is 0.0833. The second-order valence-electron chi connectivity index (χ2n) is 6.53. The third kappa shape index (κ3) is 4.59. The second-order valence-corrected chi connectivity index (χ2v) is 7.46. The molecule has 0 bridgehead atoms. The highest BCUT2D eigenvalue weighted by Crippen LogP contribution is 2.40. The van der Waals surface area contributed by atoms with Crippen LogP contribution in [-0.2, 0) is 4.79 Å². The van der Waals surface area contributed by atoms with E-state index in [0.717, 1.165) is 28.2 Å². The van der Waals surface area contributed by atoms with Crippen molar-refractivity contribution in [1.29, 1.82) is 0 Å². The number of carbonyl (C=O) groups is 1. The Morgan fingerprint density at radius 2 is 1.81 bits per heavy atom. The Hall–Kier alpha value is -3.79. The number of amides is 1. The Morgan fingerprint density at radius 1 is 1.03 bits per heavy atom. The van der Waals surface area contributed by atoms with E-state index in [1.165, 1.54) is 21.3 Å². The van der Waals surface area contributed by atoms with E-state index in [0.29, 0.717) is 34.0 Å². The van der Waals surface area contributed by atoms with Crippen molar-refractivity contribution in [1.82, 2.24) is 15.2 Å². The number of hydrogen-bond acceptors (Lipinski definition) is 9. The molecule has 32 heavy (non-hydrogen) atoms. The largest absolute Gasteiger partial charge is 0.493 e. The van der Waals surface area contributed by atoms with Gasteiger partial charge in [-0.05, 0) is 24.3 Å². The van der Waals surface area contributed by atoms with E-state index < -0.39 is 0 Å². The zero-order chi connectivity index (χ0) is 22.5. The number of thioether (sulfide) groups is 1. The van der Waals surface area contributed by atoms with Crippen molar-refractivity contribution < 1.29 is 23.4 Å². The van der Waals surface area contributed by atoms with Crippen molar-refractivity contribution in [3.63, 3.8) is 0 Å². The summed E-state index contributed by atoms with van der Waals surface area (Å²) in [6.07, 6.45) is 1.74. The van der Waals surface area contributed by atoms with Crippen LogP contribution in [-0.4, -0.2) is 48.2 Å². The van der Waals surface area contributed by atoms with Gasteiger partial charge in [-0.1, -0.05) is 17.8 Å². The summed E-state index contributed by atoms with van der Waals surface area (Å²) in [6.45, 7) is 0. The number of nitrogens with zero attached hydrogens (tertiary/aromatic N) is 3. The topological polar surface area (TPSA) is 109 Å². The lowest BCUT2D eigenvalue weighted by molar-refractivity contribution is -0.113. The van der Waals surface area contributed by atoms with Gasteiger partial charge in [0, 0.05) is 35.0 Å². The van der Waals surface area contributed by atoms with Crippen LogP contribution in [0.15, 0.2) is 58.3 Å². The van der Waals surface area contributed by atoms with E-state index >= 15 is 0 Å². The van der Waals surface area contributed by atoms with E-state index in [-0.39, 0.29) is 11.7 Å². The standard InChI is InChI=1S/C22H20N4O5S/c1-28-17-10-15(11-18(29-2)20(17)30-3)24-19(27)12-32-22-26-25-21(31-22)14-6-7-16-13(9-14)5-4-8-23-16/h4-11H,12H2,1-3H3,(H,24,27). The molecule has 1 amide bonds. The van der Waals surface area contributed by atoms with Gasteiger partial charge in [0.2, 0.25) is 17.5 Å². The van der Waals surface area contributed by atoms with Crippen molar-refractivity contribution in [3.8, 4) is 28.7 Å². The zero-order valence-corrected chi connectivity index (χ0v) is 18.4. The van der Waals surface area contributed by atoms with E-state index in [2.05, 4.69) is 20.5 Å².